The van der Waals surface area contributed by atoms with Crippen LogP contribution in [0.25, 0.3) is 0 Å². The molecule has 1 aliphatic carbocycles. The lowest BCUT2D eigenvalue weighted by molar-refractivity contribution is -0.138. The maximum absolute atomic E-state index is 13.2. The molecular weight excluding hydrogens is 359 g/mol. The second-order valence-corrected chi connectivity index (χ2v) is 7.13. The number of carbonyl (C=O) groups excluding carboxylic acids is 3. The first-order chi connectivity index (χ1) is 12.9. The molecule has 0 radical (unpaired) electrons. The number of alkyl halides is 1. The Morgan fingerprint density at radius 3 is 2.85 bits per heavy atom. The Hall–Kier alpha value is -2.33. The molecule has 1 amide bonds. The number of ether oxygens (including phenoxy) is 2. The minimum Gasteiger partial charge on any atom is -0.449 e. The predicted molar refractivity (Wildman–Crippen MR) is 90.7 cm³/mol. The number of amides is 1. The average Bonchev–Trinajstić information content (AvgIpc) is 3.24. The number of piperazine rings is 1. The largest absolute Gasteiger partial charge is 0.449 e. The molecule has 3 N–H and O–H groups in total. The number of rotatable bonds is 5. The molecule has 0 bridgehead atoms. The molecule has 4 rings (SSSR count). The van der Waals surface area contributed by atoms with E-state index in [1.165, 1.54) is 7.11 Å². The zero-order valence-electron chi connectivity index (χ0n) is 15.0. The van der Waals surface area contributed by atoms with Gasteiger partial charge in [-0.05, 0) is 6.92 Å². The molecule has 2 fully saturated rings. The van der Waals surface area contributed by atoms with Crippen molar-refractivity contribution in [3.05, 3.63) is 11.3 Å². The van der Waals surface area contributed by atoms with Gasteiger partial charge in [-0.1, -0.05) is 0 Å². The van der Waals surface area contributed by atoms with Gasteiger partial charge < -0.3 is 25.4 Å². The molecule has 27 heavy (non-hydrogen) atoms. The van der Waals surface area contributed by atoms with Gasteiger partial charge in [0, 0.05) is 25.3 Å². The summed E-state index contributed by atoms with van der Waals surface area (Å²) in [7, 11) is 1.50. The SMILES string of the molecule is COC12C(COC(N)=O)C3=C(C(=O)C(C)C(=NCCF)C3=O)N1CC1NC12. The standard InChI is InChI=1S/C17H21FN4O5/c1-7-11(20-4-3-18)14(24)10-8(6-27-16(19)25)17(26-2)15-9(21-15)5-22(17)12(10)13(7)23/h7-9,15,21H,3-6H2,1-2H3,(H2,19,25). The van der Waals surface area contributed by atoms with Gasteiger partial charge in [0.2, 0.25) is 5.78 Å². The lowest BCUT2D eigenvalue weighted by Crippen LogP contribution is -2.55. The van der Waals surface area contributed by atoms with Crippen molar-refractivity contribution in [2.24, 2.45) is 22.6 Å². The third kappa shape index (κ3) is 2.29. The Morgan fingerprint density at radius 2 is 2.22 bits per heavy atom. The van der Waals surface area contributed by atoms with Crippen molar-refractivity contribution >= 4 is 23.4 Å². The zero-order valence-corrected chi connectivity index (χ0v) is 15.0. The normalized spacial score (nSPS) is 38.2. The van der Waals surface area contributed by atoms with E-state index < -0.39 is 36.1 Å². The number of fused-ring (bicyclic) bond motifs is 4. The fourth-order valence-corrected chi connectivity index (χ4v) is 4.75. The molecular formula is C17H21FN4O5. The molecule has 0 aromatic carbocycles. The smallest absolute Gasteiger partial charge is 0.404 e. The zero-order chi connectivity index (χ0) is 19.5. The van der Waals surface area contributed by atoms with Gasteiger partial charge in [0.15, 0.2) is 11.5 Å². The summed E-state index contributed by atoms with van der Waals surface area (Å²) in [5.41, 5.74) is 4.65. The molecule has 0 aromatic rings. The van der Waals surface area contributed by atoms with Crippen LogP contribution in [-0.2, 0) is 19.1 Å². The highest BCUT2D eigenvalue weighted by Gasteiger charge is 2.73. The van der Waals surface area contributed by atoms with Gasteiger partial charge in [0.25, 0.3) is 0 Å². The highest BCUT2D eigenvalue weighted by molar-refractivity contribution is 6.53. The Bertz CT molecular complexity index is 796. The molecule has 146 valence electrons. The highest BCUT2D eigenvalue weighted by atomic mass is 19.1. The monoisotopic (exact) mass is 380 g/mol. The first kappa shape index (κ1) is 18.1. The highest BCUT2D eigenvalue weighted by Crippen LogP contribution is 2.55. The van der Waals surface area contributed by atoms with Crippen molar-refractivity contribution in [2.45, 2.75) is 24.7 Å². The molecule has 5 atom stereocenters. The second kappa shape index (κ2) is 6.10. The van der Waals surface area contributed by atoms with Crippen LogP contribution in [0.4, 0.5) is 9.18 Å². The summed E-state index contributed by atoms with van der Waals surface area (Å²) in [4.78, 5) is 43.3. The summed E-state index contributed by atoms with van der Waals surface area (Å²) >= 11 is 0. The third-order valence-electron chi connectivity index (χ3n) is 5.91. The number of nitrogens with one attached hydrogen (secondary N) is 1. The quantitative estimate of drug-likeness (QED) is 0.594. The summed E-state index contributed by atoms with van der Waals surface area (Å²) in [6.45, 7) is 0.993. The minimum atomic E-state index is -1.01. The number of nitrogens with zero attached hydrogens (tertiary/aromatic N) is 2. The van der Waals surface area contributed by atoms with Gasteiger partial charge in [-0.2, -0.15) is 0 Å². The molecule has 10 heteroatoms. The lowest BCUT2D eigenvalue weighted by Gasteiger charge is -2.39. The fraction of sp³-hybridized carbons (Fsp3) is 0.647. The Kier molecular flexibility index (Phi) is 4.08. The Labute approximate surface area is 154 Å². The number of nitrogens with two attached hydrogens (primary N) is 1. The van der Waals surface area contributed by atoms with Crippen molar-refractivity contribution in [3.63, 3.8) is 0 Å². The van der Waals surface area contributed by atoms with Gasteiger partial charge in [-0.25, -0.2) is 9.18 Å². The summed E-state index contributed by atoms with van der Waals surface area (Å²) in [6, 6.07) is 0.0339. The number of carbonyl (C=O) groups is 3. The van der Waals surface area contributed by atoms with Gasteiger partial charge in [0.05, 0.1) is 35.8 Å². The first-order valence-corrected chi connectivity index (χ1v) is 8.82. The summed E-state index contributed by atoms with van der Waals surface area (Å²) in [5.74, 6) is -2.15. The van der Waals surface area contributed by atoms with Crippen LogP contribution >= 0.6 is 0 Å². The number of halogens is 1. The molecule has 5 unspecified atom stereocenters. The third-order valence-corrected chi connectivity index (χ3v) is 5.91. The average molecular weight is 380 g/mol. The van der Waals surface area contributed by atoms with E-state index >= 15 is 0 Å². The van der Waals surface area contributed by atoms with Crippen LogP contribution in [0.1, 0.15) is 6.92 Å². The molecule has 9 nitrogen and oxygen atoms in total. The van der Waals surface area contributed by atoms with Crippen LogP contribution < -0.4 is 11.1 Å². The number of primary amides is 1. The van der Waals surface area contributed by atoms with Crippen molar-refractivity contribution < 1.29 is 28.2 Å². The maximum Gasteiger partial charge on any atom is 0.404 e. The first-order valence-electron chi connectivity index (χ1n) is 8.82. The van der Waals surface area contributed by atoms with Gasteiger partial charge in [-0.3, -0.25) is 14.6 Å². The van der Waals surface area contributed by atoms with E-state index in [2.05, 4.69) is 10.3 Å². The number of aliphatic imine (C=N–C) groups is 1. The Morgan fingerprint density at radius 1 is 1.48 bits per heavy atom. The van der Waals surface area contributed by atoms with Crippen LogP contribution in [0.3, 0.4) is 0 Å². The van der Waals surface area contributed by atoms with E-state index in [0.717, 1.165) is 0 Å². The van der Waals surface area contributed by atoms with Crippen LogP contribution in [-0.4, -0.2) is 79.6 Å². The number of allylic oxidation sites excluding steroid dienone is 1. The number of hydrogen-bond acceptors (Lipinski definition) is 8. The molecule has 3 heterocycles. The van der Waals surface area contributed by atoms with Crippen molar-refractivity contribution in [1.82, 2.24) is 10.2 Å². The van der Waals surface area contributed by atoms with E-state index in [0.29, 0.717) is 12.2 Å². The van der Waals surface area contributed by atoms with E-state index in [9.17, 15) is 18.8 Å². The molecule has 0 saturated carbocycles. The van der Waals surface area contributed by atoms with E-state index in [4.69, 9.17) is 15.2 Å². The molecule has 0 aromatic heterocycles. The summed E-state index contributed by atoms with van der Waals surface area (Å²) in [6.07, 6.45) is -0.977. The molecule has 3 aliphatic heterocycles. The summed E-state index contributed by atoms with van der Waals surface area (Å²) < 4.78 is 23.4. The minimum absolute atomic E-state index is 0.0354. The van der Waals surface area contributed by atoms with Crippen molar-refractivity contribution in [2.75, 3.05) is 33.5 Å². The lowest BCUT2D eigenvalue weighted by atomic mass is 9.78. The van der Waals surface area contributed by atoms with E-state index in [1.807, 2.05) is 4.90 Å². The van der Waals surface area contributed by atoms with Crippen molar-refractivity contribution in [3.8, 4) is 0 Å². The van der Waals surface area contributed by atoms with Gasteiger partial charge >= 0.3 is 6.09 Å². The van der Waals surface area contributed by atoms with Crippen LogP contribution in [0.2, 0.25) is 0 Å². The van der Waals surface area contributed by atoms with E-state index in [1.54, 1.807) is 6.92 Å². The molecule has 4 aliphatic rings. The van der Waals surface area contributed by atoms with Gasteiger partial charge in [0.1, 0.15) is 13.3 Å². The summed E-state index contributed by atoms with van der Waals surface area (Å²) in [5, 5.41) is 3.28. The Balaban J connectivity index is 1.82. The van der Waals surface area contributed by atoms with Crippen LogP contribution in [0.15, 0.2) is 16.3 Å². The van der Waals surface area contributed by atoms with Crippen molar-refractivity contribution in [1.29, 1.82) is 0 Å². The van der Waals surface area contributed by atoms with Crippen LogP contribution in [0.5, 0.6) is 0 Å². The number of ketones is 2. The maximum atomic E-state index is 13.2. The molecule has 0 spiro atoms. The topological polar surface area (TPSA) is 133 Å². The number of methoxy groups -OCH3 is 1. The van der Waals surface area contributed by atoms with Gasteiger partial charge in [-0.15, -0.1) is 0 Å². The fourth-order valence-electron chi connectivity index (χ4n) is 4.75. The number of Topliss-reactive ketones (excluding diaryl/α,β-unsaturated/α-hetero) is 2. The molecule has 2 saturated heterocycles. The van der Waals surface area contributed by atoms with Crippen LogP contribution in [0, 0.1) is 11.8 Å². The number of hydrogen-bond donors (Lipinski definition) is 2. The van der Waals surface area contributed by atoms with E-state index in [-0.39, 0.29) is 42.3 Å². The predicted octanol–water partition coefficient (Wildman–Crippen LogP) is -0.837. The second-order valence-electron chi connectivity index (χ2n) is 7.13.